The van der Waals surface area contributed by atoms with E-state index in [9.17, 15) is 19.7 Å². The zero-order valence-electron chi connectivity index (χ0n) is 14.2. The fourth-order valence-corrected chi connectivity index (χ4v) is 2.80. The summed E-state index contributed by atoms with van der Waals surface area (Å²) in [7, 11) is 0. The van der Waals surface area contributed by atoms with Crippen molar-refractivity contribution in [3.8, 4) is 0 Å². The molecule has 1 heterocycles. The number of anilines is 1. The van der Waals surface area contributed by atoms with Gasteiger partial charge in [-0.25, -0.2) is 0 Å². The fraction of sp³-hybridized carbons (Fsp3) is 0.111. The van der Waals surface area contributed by atoms with Crippen molar-refractivity contribution < 1.29 is 14.5 Å². The van der Waals surface area contributed by atoms with E-state index >= 15 is 0 Å². The summed E-state index contributed by atoms with van der Waals surface area (Å²) in [5, 5.41) is 13.3. The van der Waals surface area contributed by atoms with Crippen molar-refractivity contribution in [2.45, 2.75) is 6.92 Å². The van der Waals surface area contributed by atoms with Crippen LogP contribution in [0, 0.1) is 23.0 Å². The summed E-state index contributed by atoms with van der Waals surface area (Å²) in [4.78, 5) is 40.6. The van der Waals surface area contributed by atoms with Gasteiger partial charge in [0, 0.05) is 18.3 Å². The number of amides is 2. The average Bonchev–Trinajstić information content (AvgIpc) is 2.63. The van der Waals surface area contributed by atoms with E-state index in [0.717, 1.165) is 5.56 Å². The van der Waals surface area contributed by atoms with Crippen LogP contribution in [-0.4, -0.2) is 28.1 Å². The molecule has 0 bridgehead atoms. The van der Waals surface area contributed by atoms with Gasteiger partial charge in [0.15, 0.2) is 11.0 Å². The first-order valence-corrected chi connectivity index (χ1v) is 8.32. The first-order chi connectivity index (χ1) is 12.9. The maximum atomic E-state index is 12.8. The molecule has 0 saturated carbocycles. The SMILES string of the molecule is Cc1ccc(N2C(=O)[C@H](C=Nc3cccc([N+](=O)[O-])c3)C(=O)NC2=S)cc1. The molecule has 0 radical (unpaired) electrons. The van der Waals surface area contributed by atoms with E-state index in [0.29, 0.717) is 5.69 Å². The number of nitrogens with one attached hydrogen (secondary N) is 1. The lowest BCUT2D eigenvalue weighted by molar-refractivity contribution is -0.384. The number of carbonyl (C=O) groups is 2. The quantitative estimate of drug-likeness (QED) is 0.288. The Kier molecular flexibility index (Phi) is 5.04. The lowest BCUT2D eigenvalue weighted by atomic mass is 10.1. The predicted molar refractivity (Wildman–Crippen MR) is 104 cm³/mol. The van der Waals surface area contributed by atoms with Crippen LogP contribution in [0.15, 0.2) is 53.5 Å². The average molecular weight is 382 g/mol. The van der Waals surface area contributed by atoms with Gasteiger partial charge in [-0.3, -0.25) is 29.6 Å². The van der Waals surface area contributed by atoms with E-state index in [1.165, 1.54) is 35.4 Å². The molecule has 3 rings (SSSR count). The molecule has 2 aromatic rings. The Morgan fingerprint density at radius 2 is 1.93 bits per heavy atom. The van der Waals surface area contributed by atoms with Crippen molar-refractivity contribution in [3.63, 3.8) is 0 Å². The van der Waals surface area contributed by atoms with Crippen LogP contribution in [0.3, 0.4) is 0 Å². The molecule has 0 spiro atoms. The first kappa shape index (κ1) is 18.3. The number of carbonyl (C=O) groups excluding carboxylic acids is 2. The van der Waals surface area contributed by atoms with Gasteiger partial charge >= 0.3 is 0 Å². The minimum atomic E-state index is -1.20. The highest BCUT2D eigenvalue weighted by atomic mass is 32.1. The van der Waals surface area contributed by atoms with E-state index in [1.54, 1.807) is 12.1 Å². The highest BCUT2D eigenvalue weighted by molar-refractivity contribution is 7.80. The van der Waals surface area contributed by atoms with Gasteiger partial charge in [-0.1, -0.05) is 23.8 Å². The standard InChI is InChI=1S/C18H14N4O4S/c1-11-5-7-13(8-6-11)21-17(24)15(16(23)20-18(21)27)10-19-12-3-2-4-14(9-12)22(25)26/h2-10,15H,1H3,(H,20,23,27)/t15-/m1/s1. The van der Waals surface area contributed by atoms with E-state index in [-0.39, 0.29) is 16.5 Å². The zero-order chi connectivity index (χ0) is 19.6. The molecule has 2 amide bonds. The number of thiocarbonyl (C=S) groups is 1. The summed E-state index contributed by atoms with van der Waals surface area (Å²) in [5.74, 6) is -2.33. The second kappa shape index (κ2) is 7.42. The molecule has 0 unspecified atom stereocenters. The fourth-order valence-electron chi connectivity index (χ4n) is 2.51. The third kappa shape index (κ3) is 3.87. The number of hydrogen-bond donors (Lipinski definition) is 1. The van der Waals surface area contributed by atoms with Crippen LogP contribution in [0.4, 0.5) is 17.1 Å². The van der Waals surface area contributed by atoms with Crippen LogP contribution >= 0.6 is 12.2 Å². The lowest BCUT2D eigenvalue weighted by Gasteiger charge is -2.30. The topological polar surface area (TPSA) is 105 Å². The molecule has 8 nitrogen and oxygen atoms in total. The Morgan fingerprint density at radius 3 is 2.59 bits per heavy atom. The van der Waals surface area contributed by atoms with E-state index in [2.05, 4.69) is 10.3 Å². The number of non-ortho nitro benzene ring substituents is 1. The van der Waals surface area contributed by atoms with Crippen molar-refractivity contribution >= 4 is 52.4 Å². The number of aliphatic imine (C=N–C) groups is 1. The number of nitrogens with zero attached hydrogens (tertiary/aromatic N) is 3. The van der Waals surface area contributed by atoms with Gasteiger partial charge in [0.05, 0.1) is 16.3 Å². The highest BCUT2D eigenvalue weighted by Gasteiger charge is 2.38. The van der Waals surface area contributed by atoms with Crippen LogP contribution < -0.4 is 10.2 Å². The van der Waals surface area contributed by atoms with Crippen molar-refractivity contribution in [2.24, 2.45) is 10.9 Å². The van der Waals surface area contributed by atoms with Crippen LogP contribution in [0.25, 0.3) is 0 Å². The van der Waals surface area contributed by atoms with Crippen LogP contribution in [0.5, 0.6) is 0 Å². The molecule has 1 saturated heterocycles. The molecule has 1 N–H and O–H groups in total. The number of nitro groups is 1. The third-order valence-electron chi connectivity index (χ3n) is 3.91. The van der Waals surface area contributed by atoms with E-state index in [1.807, 2.05) is 19.1 Å². The van der Waals surface area contributed by atoms with Crippen molar-refractivity contribution in [1.82, 2.24) is 5.32 Å². The Balaban J connectivity index is 1.88. The number of rotatable bonds is 4. The minimum Gasteiger partial charge on any atom is -0.301 e. The van der Waals surface area contributed by atoms with E-state index < -0.39 is 22.7 Å². The normalized spacial score (nSPS) is 17.3. The highest BCUT2D eigenvalue weighted by Crippen LogP contribution is 2.23. The maximum absolute atomic E-state index is 12.8. The Hall–Kier alpha value is -3.46. The second-order valence-electron chi connectivity index (χ2n) is 5.84. The van der Waals surface area contributed by atoms with Crippen molar-refractivity contribution in [1.29, 1.82) is 0 Å². The number of nitro benzene ring substituents is 1. The van der Waals surface area contributed by atoms with Crippen LogP contribution in [0.2, 0.25) is 0 Å². The Bertz CT molecular complexity index is 972. The van der Waals surface area contributed by atoms with E-state index in [4.69, 9.17) is 12.2 Å². The van der Waals surface area contributed by atoms with Gasteiger partial charge in [-0.2, -0.15) is 0 Å². The minimum absolute atomic E-state index is 0.00569. The zero-order valence-corrected chi connectivity index (χ0v) is 15.0. The van der Waals surface area contributed by atoms with Gasteiger partial charge in [0.1, 0.15) is 0 Å². The molecule has 1 aliphatic heterocycles. The van der Waals surface area contributed by atoms with Crippen molar-refractivity contribution in [3.05, 3.63) is 64.2 Å². The molecule has 1 fully saturated rings. The third-order valence-corrected chi connectivity index (χ3v) is 4.19. The summed E-state index contributed by atoms with van der Waals surface area (Å²) < 4.78 is 0. The monoisotopic (exact) mass is 382 g/mol. The molecule has 1 aliphatic rings. The summed E-state index contributed by atoms with van der Waals surface area (Å²) in [6.07, 6.45) is 1.17. The van der Waals surface area contributed by atoms with Crippen LogP contribution in [-0.2, 0) is 9.59 Å². The summed E-state index contributed by atoms with van der Waals surface area (Å²) in [5.41, 5.74) is 1.68. The molecule has 0 aliphatic carbocycles. The first-order valence-electron chi connectivity index (χ1n) is 7.91. The lowest BCUT2D eigenvalue weighted by Crippen LogP contribution is -2.58. The molecule has 2 aromatic carbocycles. The molecule has 136 valence electrons. The van der Waals surface area contributed by atoms with Crippen molar-refractivity contribution in [2.75, 3.05) is 4.90 Å². The van der Waals surface area contributed by atoms with Gasteiger partial charge in [0.25, 0.3) is 11.6 Å². The molecule has 0 aromatic heterocycles. The summed E-state index contributed by atoms with van der Waals surface area (Å²) in [6, 6.07) is 12.7. The largest absolute Gasteiger partial charge is 0.301 e. The van der Waals surface area contributed by atoms with Crippen LogP contribution in [0.1, 0.15) is 5.56 Å². The van der Waals surface area contributed by atoms with Gasteiger partial charge < -0.3 is 5.32 Å². The smallest absolute Gasteiger partial charge is 0.271 e. The maximum Gasteiger partial charge on any atom is 0.271 e. The Morgan fingerprint density at radius 1 is 1.22 bits per heavy atom. The Labute approximate surface area is 159 Å². The number of hydrogen-bond acceptors (Lipinski definition) is 6. The number of benzene rings is 2. The molecule has 27 heavy (non-hydrogen) atoms. The second-order valence-corrected chi connectivity index (χ2v) is 6.22. The molecule has 9 heteroatoms. The molecule has 1 atom stereocenters. The summed E-state index contributed by atoms with van der Waals surface area (Å²) >= 11 is 5.13. The molecular weight excluding hydrogens is 368 g/mol. The van der Waals surface area contributed by atoms with Gasteiger partial charge in [0.2, 0.25) is 5.91 Å². The molecular formula is C18H14N4O4S. The van der Waals surface area contributed by atoms with Gasteiger partial charge in [-0.05, 0) is 37.3 Å². The number of aryl methyl sites for hydroxylation is 1. The van der Waals surface area contributed by atoms with Gasteiger partial charge in [-0.15, -0.1) is 0 Å². The summed E-state index contributed by atoms with van der Waals surface area (Å²) in [6.45, 7) is 1.91. The predicted octanol–water partition coefficient (Wildman–Crippen LogP) is 2.67.